The molecular formula is C15H15N3O4S. The lowest BCUT2D eigenvalue weighted by Crippen LogP contribution is -2.15. The predicted molar refractivity (Wildman–Crippen MR) is 88.4 cm³/mol. The minimum absolute atomic E-state index is 0.218. The molecule has 0 heterocycles. The van der Waals surface area contributed by atoms with E-state index in [-0.39, 0.29) is 16.3 Å². The molecule has 0 atom stereocenters. The fourth-order valence-corrected chi connectivity index (χ4v) is 2.67. The van der Waals surface area contributed by atoms with Crippen molar-refractivity contribution in [2.24, 2.45) is 5.14 Å². The number of hydrogen-bond acceptors (Lipinski definition) is 5. The molecule has 0 saturated carbocycles. The molecule has 23 heavy (non-hydrogen) atoms. The van der Waals surface area contributed by atoms with Crippen molar-refractivity contribution in [1.82, 2.24) is 0 Å². The second-order valence-corrected chi connectivity index (χ2v) is 6.21. The number of nitrogens with zero attached hydrogens (tertiary/aromatic N) is 1. The van der Waals surface area contributed by atoms with Crippen LogP contribution in [0.2, 0.25) is 0 Å². The second kappa shape index (κ2) is 7.03. The Morgan fingerprint density at radius 1 is 1.17 bits per heavy atom. The Morgan fingerprint density at radius 2 is 1.87 bits per heavy atom. The molecule has 0 fully saturated rings. The number of hydrogen-bond donors (Lipinski definition) is 2. The molecule has 3 N–H and O–H groups in total. The molecule has 7 nitrogen and oxygen atoms in total. The largest absolute Gasteiger partial charge is 0.380 e. The van der Waals surface area contributed by atoms with Crippen LogP contribution in [-0.4, -0.2) is 19.9 Å². The summed E-state index contributed by atoms with van der Waals surface area (Å²) >= 11 is 0. The molecule has 0 amide bonds. The zero-order valence-electron chi connectivity index (χ0n) is 12.0. The molecule has 0 aliphatic carbocycles. The summed E-state index contributed by atoms with van der Waals surface area (Å²) in [6.07, 6.45) is 3.68. The Labute approximate surface area is 133 Å². The zero-order chi connectivity index (χ0) is 16.9. The number of primary sulfonamides is 1. The first-order chi connectivity index (χ1) is 10.9. The van der Waals surface area contributed by atoms with Crippen molar-refractivity contribution in [3.8, 4) is 0 Å². The normalized spacial score (nSPS) is 11.5. The lowest BCUT2D eigenvalue weighted by atomic mass is 10.2. The van der Waals surface area contributed by atoms with Crippen LogP contribution in [0.5, 0.6) is 0 Å². The Bertz CT molecular complexity index is 833. The lowest BCUT2D eigenvalue weighted by Gasteiger charge is -2.08. The highest BCUT2D eigenvalue weighted by Gasteiger charge is 2.18. The molecule has 0 saturated heterocycles. The minimum atomic E-state index is -4.07. The molecule has 0 unspecified atom stereocenters. The Balaban J connectivity index is 2.16. The van der Waals surface area contributed by atoms with Gasteiger partial charge in [0.05, 0.1) is 10.6 Å². The van der Waals surface area contributed by atoms with E-state index in [9.17, 15) is 18.5 Å². The monoisotopic (exact) mass is 333 g/mol. The van der Waals surface area contributed by atoms with Crippen LogP contribution in [0.25, 0.3) is 6.08 Å². The number of nitro groups is 1. The summed E-state index contributed by atoms with van der Waals surface area (Å²) in [4.78, 5) is 9.77. The van der Waals surface area contributed by atoms with Crippen LogP contribution in [0, 0.1) is 10.1 Å². The van der Waals surface area contributed by atoms with Crippen LogP contribution in [0.15, 0.2) is 59.5 Å². The van der Waals surface area contributed by atoms with Crippen LogP contribution in [-0.2, 0) is 10.0 Å². The smallest absolute Gasteiger partial charge is 0.270 e. The van der Waals surface area contributed by atoms with Gasteiger partial charge in [-0.2, -0.15) is 0 Å². The summed E-state index contributed by atoms with van der Waals surface area (Å²) in [7, 11) is -4.07. The van der Waals surface area contributed by atoms with Crippen LogP contribution in [0.1, 0.15) is 5.56 Å². The van der Waals surface area contributed by atoms with E-state index in [1.54, 1.807) is 0 Å². The van der Waals surface area contributed by atoms with Crippen molar-refractivity contribution in [3.05, 3.63) is 70.3 Å². The maximum atomic E-state index is 11.6. The molecule has 0 aliphatic rings. The summed E-state index contributed by atoms with van der Waals surface area (Å²) < 4.78 is 23.2. The van der Waals surface area contributed by atoms with Gasteiger partial charge in [-0.15, -0.1) is 0 Å². The molecule has 0 radical (unpaired) electrons. The first-order valence-electron chi connectivity index (χ1n) is 6.64. The highest BCUT2D eigenvalue weighted by atomic mass is 32.2. The summed E-state index contributed by atoms with van der Waals surface area (Å²) in [5.41, 5.74) is 0.889. The average Bonchev–Trinajstić information content (AvgIpc) is 2.51. The van der Waals surface area contributed by atoms with E-state index in [0.717, 1.165) is 11.6 Å². The summed E-state index contributed by atoms with van der Waals surface area (Å²) in [6.45, 7) is 0.342. The van der Waals surface area contributed by atoms with Crippen molar-refractivity contribution < 1.29 is 13.3 Å². The number of non-ortho nitro benzene ring substituents is 1. The summed E-state index contributed by atoms with van der Waals surface area (Å²) in [6, 6.07) is 13.1. The van der Waals surface area contributed by atoms with Crippen molar-refractivity contribution in [3.63, 3.8) is 0 Å². The molecule has 2 aromatic carbocycles. The third-order valence-corrected chi connectivity index (χ3v) is 3.95. The van der Waals surface area contributed by atoms with Crippen molar-refractivity contribution in [2.75, 3.05) is 11.9 Å². The second-order valence-electron chi connectivity index (χ2n) is 4.68. The number of benzene rings is 2. The average molecular weight is 333 g/mol. The van der Waals surface area contributed by atoms with Gasteiger partial charge in [0.1, 0.15) is 4.90 Å². The molecule has 2 rings (SSSR count). The maximum Gasteiger partial charge on any atom is 0.270 e. The van der Waals surface area contributed by atoms with Gasteiger partial charge >= 0.3 is 0 Å². The molecule has 2 aromatic rings. The third kappa shape index (κ3) is 4.63. The standard InChI is InChI=1S/C15H15N3O4S/c16-23(21,22)15-11-13(18(19)20)8-9-14(15)17-10-4-7-12-5-2-1-3-6-12/h1-9,11,17H,10H2,(H2,16,21,22)/b7-4+. The van der Waals surface area contributed by atoms with E-state index in [1.165, 1.54) is 12.1 Å². The quantitative estimate of drug-likeness (QED) is 0.622. The van der Waals surface area contributed by atoms with E-state index in [4.69, 9.17) is 5.14 Å². The van der Waals surface area contributed by atoms with Crippen molar-refractivity contribution in [2.45, 2.75) is 4.90 Å². The third-order valence-electron chi connectivity index (χ3n) is 3.00. The molecule has 8 heteroatoms. The summed E-state index contributed by atoms with van der Waals surface area (Å²) in [5, 5.41) is 18.7. The van der Waals surface area contributed by atoms with E-state index in [2.05, 4.69) is 5.32 Å². The minimum Gasteiger partial charge on any atom is -0.380 e. The van der Waals surface area contributed by atoms with Crippen molar-refractivity contribution >= 4 is 27.5 Å². The fourth-order valence-electron chi connectivity index (χ4n) is 1.93. The molecule has 0 bridgehead atoms. The highest BCUT2D eigenvalue weighted by Crippen LogP contribution is 2.25. The Hall–Kier alpha value is -2.71. The van der Waals surface area contributed by atoms with Crippen LogP contribution in [0.4, 0.5) is 11.4 Å². The molecule has 0 aromatic heterocycles. The lowest BCUT2D eigenvalue weighted by molar-refractivity contribution is -0.385. The Morgan fingerprint density at radius 3 is 2.48 bits per heavy atom. The topological polar surface area (TPSA) is 115 Å². The first-order valence-corrected chi connectivity index (χ1v) is 8.19. The van der Waals surface area contributed by atoms with Crippen LogP contribution < -0.4 is 10.5 Å². The van der Waals surface area contributed by atoms with Gasteiger partial charge < -0.3 is 5.32 Å². The number of rotatable bonds is 6. The van der Waals surface area contributed by atoms with Gasteiger partial charge in [0.15, 0.2) is 0 Å². The van der Waals surface area contributed by atoms with Gasteiger partial charge in [-0.25, -0.2) is 13.6 Å². The van der Waals surface area contributed by atoms with Gasteiger partial charge in [0.25, 0.3) is 5.69 Å². The SMILES string of the molecule is NS(=O)(=O)c1cc([N+](=O)[O-])ccc1NC/C=C/c1ccccc1. The number of sulfonamides is 1. The predicted octanol–water partition coefficient (Wildman–Crippen LogP) is 2.37. The first kappa shape index (κ1) is 16.7. The van der Waals surface area contributed by atoms with E-state index in [1.807, 2.05) is 42.5 Å². The number of nitrogens with two attached hydrogens (primary N) is 1. The Kier molecular flexibility index (Phi) is 5.09. The zero-order valence-corrected chi connectivity index (χ0v) is 12.9. The maximum absolute atomic E-state index is 11.6. The molecule has 120 valence electrons. The number of nitrogens with one attached hydrogen (secondary N) is 1. The van der Waals surface area contributed by atoms with Gasteiger partial charge in [-0.1, -0.05) is 42.5 Å². The number of anilines is 1. The number of nitro benzene ring substituents is 1. The van der Waals surface area contributed by atoms with E-state index < -0.39 is 14.9 Å². The fraction of sp³-hybridized carbons (Fsp3) is 0.0667. The van der Waals surface area contributed by atoms with Gasteiger partial charge in [0.2, 0.25) is 10.0 Å². The van der Waals surface area contributed by atoms with Crippen LogP contribution >= 0.6 is 0 Å². The van der Waals surface area contributed by atoms with E-state index in [0.29, 0.717) is 6.54 Å². The molecular weight excluding hydrogens is 318 g/mol. The molecule has 0 aliphatic heterocycles. The van der Waals surface area contributed by atoms with Crippen LogP contribution in [0.3, 0.4) is 0 Å². The van der Waals surface area contributed by atoms with Gasteiger partial charge in [-0.05, 0) is 11.6 Å². The summed E-state index contributed by atoms with van der Waals surface area (Å²) in [5.74, 6) is 0. The van der Waals surface area contributed by atoms with Crippen molar-refractivity contribution in [1.29, 1.82) is 0 Å². The van der Waals surface area contributed by atoms with Gasteiger partial charge in [-0.3, -0.25) is 10.1 Å². The molecule has 0 spiro atoms. The van der Waals surface area contributed by atoms with E-state index >= 15 is 0 Å². The highest BCUT2D eigenvalue weighted by molar-refractivity contribution is 7.89. The van der Waals surface area contributed by atoms with Gasteiger partial charge in [0, 0.05) is 18.7 Å².